The molecule has 16 heavy (non-hydrogen) atoms. The zero-order valence-corrected chi connectivity index (χ0v) is 9.52. The second-order valence-electron chi connectivity index (χ2n) is 3.91. The molecule has 1 fully saturated rings. The summed E-state index contributed by atoms with van der Waals surface area (Å²) in [6.45, 7) is 1.09. The Balaban J connectivity index is 2.12. The van der Waals surface area contributed by atoms with E-state index in [0.717, 1.165) is 12.8 Å². The van der Waals surface area contributed by atoms with E-state index in [9.17, 15) is 9.90 Å². The van der Waals surface area contributed by atoms with Gasteiger partial charge in [-0.2, -0.15) is 0 Å². The smallest absolute Gasteiger partial charge is 0.254 e. The van der Waals surface area contributed by atoms with E-state index in [0.29, 0.717) is 23.8 Å². The number of hydrogen-bond acceptors (Lipinski definition) is 3. The van der Waals surface area contributed by atoms with Gasteiger partial charge in [-0.3, -0.25) is 4.79 Å². The maximum Gasteiger partial charge on any atom is 0.254 e. The Hall–Kier alpha value is -1.13. The van der Waals surface area contributed by atoms with E-state index >= 15 is 0 Å². The van der Waals surface area contributed by atoms with Crippen molar-refractivity contribution in [3.05, 3.63) is 29.0 Å². The number of pyridine rings is 1. The van der Waals surface area contributed by atoms with E-state index in [1.165, 1.54) is 6.20 Å². The molecule has 1 aromatic rings. The first kappa shape index (κ1) is 11.4. The number of carbonyl (C=O) groups is 1. The Morgan fingerprint density at radius 3 is 3.12 bits per heavy atom. The Kier molecular flexibility index (Phi) is 3.41. The molecule has 1 amide bonds. The molecule has 1 N–H and O–H groups in total. The van der Waals surface area contributed by atoms with Gasteiger partial charge in [-0.25, -0.2) is 4.98 Å². The van der Waals surface area contributed by atoms with Gasteiger partial charge in [0.15, 0.2) is 0 Å². The molecular formula is C11H13ClN2O2. The highest BCUT2D eigenvalue weighted by atomic mass is 35.5. The number of piperidine rings is 1. The van der Waals surface area contributed by atoms with Gasteiger partial charge in [0.05, 0.1) is 6.10 Å². The van der Waals surface area contributed by atoms with Crippen molar-refractivity contribution in [2.45, 2.75) is 18.9 Å². The van der Waals surface area contributed by atoms with Gasteiger partial charge in [0, 0.05) is 24.8 Å². The third-order valence-electron chi connectivity index (χ3n) is 2.66. The van der Waals surface area contributed by atoms with Crippen LogP contribution in [0.3, 0.4) is 0 Å². The Morgan fingerprint density at radius 1 is 1.62 bits per heavy atom. The molecule has 1 aromatic heterocycles. The molecule has 5 heteroatoms. The summed E-state index contributed by atoms with van der Waals surface area (Å²) in [6, 6.07) is 3.18. The van der Waals surface area contributed by atoms with E-state index < -0.39 is 6.10 Å². The molecule has 86 valence electrons. The standard InChI is InChI=1S/C11H13ClN2O2/c12-10-6-8(3-4-13-10)11(16)14-5-1-2-9(15)7-14/h3-4,6,9,15H,1-2,5,7H2. The molecule has 1 aliphatic heterocycles. The van der Waals surface area contributed by atoms with Crippen LogP contribution in [0.25, 0.3) is 0 Å². The van der Waals surface area contributed by atoms with Gasteiger partial charge < -0.3 is 10.0 Å². The SMILES string of the molecule is O=C(c1ccnc(Cl)c1)N1CCCC(O)C1. The quantitative estimate of drug-likeness (QED) is 0.754. The number of rotatable bonds is 1. The van der Waals surface area contributed by atoms with Crippen molar-refractivity contribution in [2.24, 2.45) is 0 Å². The first-order chi connectivity index (χ1) is 7.66. The minimum Gasteiger partial charge on any atom is -0.391 e. The van der Waals surface area contributed by atoms with Crippen molar-refractivity contribution < 1.29 is 9.90 Å². The number of aliphatic hydroxyl groups is 1. The van der Waals surface area contributed by atoms with Crippen LogP contribution in [0.1, 0.15) is 23.2 Å². The van der Waals surface area contributed by atoms with Gasteiger partial charge >= 0.3 is 0 Å². The van der Waals surface area contributed by atoms with Crippen LogP contribution in [0, 0.1) is 0 Å². The first-order valence-corrected chi connectivity index (χ1v) is 5.63. The summed E-state index contributed by atoms with van der Waals surface area (Å²) in [4.78, 5) is 17.5. The molecular weight excluding hydrogens is 228 g/mol. The molecule has 1 saturated heterocycles. The average molecular weight is 241 g/mol. The van der Waals surface area contributed by atoms with Crippen molar-refractivity contribution in [3.8, 4) is 0 Å². The number of aliphatic hydroxyl groups excluding tert-OH is 1. The van der Waals surface area contributed by atoms with Gasteiger partial charge in [-0.1, -0.05) is 11.6 Å². The summed E-state index contributed by atoms with van der Waals surface area (Å²) in [5.41, 5.74) is 0.522. The fourth-order valence-corrected chi connectivity index (χ4v) is 2.03. The second kappa shape index (κ2) is 4.80. The van der Waals surface area contributed by atoms with Crippen LogP contribution in [0.4, 0.5) is 0 Å². The van der Waals surface area contributed by atoms with Gasteiger partial charge in [0.1, 0.15) is 5.15 Å². The van der Waals surface area contributed by atoms with Gasteiger partial charge in [0.25, 0.3) is 5.91 Å². The molecule has 1 atom stereocenters. The van der Waals surface area contributed by atoms with Gasteiger partial charge in [-0.15, -0.1) is 0 Å². The van der Waals surface area contributed by atoms with E-state index in [2.05, 4.69) is 4.98 Å². The number of nitrogens with zero attached hydrogens (tertiary/aromatic N) is 2. The van der Waals surface area contributed by atoms with E-state index in [1.54, 1.807) is 17.0 Å². The highest BCUT2D eigenvalue weighted by Crippen LogP contribution is 2.15. The lowest BCUT2D eigenvalue weighted by molar-refractivity contribution is 0.0473. The second-order valence-corrected chi connectivity index (χ2v) is 4.30. The van der Waals surface area contributed by atoms with Crippen molar-refractivity contribution >= 4 is 17.5 Å². The van der Waals surface area contributed by atoms with Gasteiger partial charge in [-0.05, 0) is 25.0 Å². The number of halogens is 1. The molecule has 0 radical (unpaired) electrons. The lowest BCUT2D eigenvalue weighted by Gasteiger charge is -2.30. The predicted molar refractivity (Wildman–Crippen MR) is 60.4 cm³/mol. The molecule has 0 aromatic carbocycles. The highest BCUT2D eigenvalue weighted by Gasteiger charge is 2.23. The van der Waals surface area contributed by atoms with Crippen molar-refractivity contribution in [2.75, 3.05) is 13.1 Å². The van der Waals surface area contributed by atoms with E-state index in [4.69, 9.17) is 11.6 Å². The fourth-order valence-electron chi connectivity index (χ4n) is 1.86. The molecule has 2 heterocycles. The Bertz CT molecular complexity index is 397. The Morgan fingerprint density at radius 2 is 2.44 bits per heavy atom. The first-order valence-electron chi connectivity index (χ1n) is 5.26. The fraction of sp³-hybridized carbons (Fsp3) is 0.455. The maximum atomic E-state index is 12.0. The van der Waals surface area contributed by atoms with Crippen molar-refractivity contribution in [1.29, 1.82) is 0 Å². The summed E-state index contributed by atoms with van der Waals surface area (Å²) in [5.74, 6) is -0.0944. The summed E-state index contributed by atoms with van der Waals surface area (Å²) < 4.78 is 0. The zero-order chi connectivity index (χ0) is 11.5. The van der Waals surface area contributed by atoms with Gasteiger partial charge in [0.2, 0.25) is 0 Å². The third kappa shape index (κ3) is 2.51. The molecule has 1 aliphatic rings. The number of carbonyl (C=O) groups excluding carboxylic acids is 1. The zero-order valence-electron chi connectivity index (χ0n) is 8.77. The van der Waals surface area contributed by atoms with E-state index in [-0.39, 0.29) is 5.91 Å². The molecule has 0 spiro atoms. The number of aromatic nitrogens is 1. The molecule has 2 rings (SSSR count). The number of β-amino-alcohol motifs (C(OH)–C–C–N with tert-alkyl or cyclic N) is 1. The monoisotopic (exact) mass is 240 g/mol. The van der Waals surface area contributed by atoms with Crippen LogP contribution in [0.2, 0.25) is 5.15 Å². The van der Waals surface area contributed by atoms with Crippen LogP contribution < -0.4 is 0 Å². The lowest BCUT2D eigenvalue weighted by atomic mass is 10.1. The molecule has 0 saturated carbocycles. The average Bonchev–Trinajstić information content (AvgIpc) is 2.28. The molecule has 4 nitrogen and oxygen atoms in total. The highest BCUT2D eigenvalue weighted by molar-refractivity contribution is 6.29. The van der Waals surface area contributed by atoms with Crippen LogP contribution in [0.15, 0.2) is 18.3 Å². The molecule has 0 aliphatic carbocycles. The maximum absolute atomic E-state index is 12.0. The minimum absolute atomic E-state index is 0.0944. The Labute approximate surface area is 98.9 Å². The van der Waals surface area contributed by atoms with Crippen LogP contribution in [-0.2, 0) is 0 Å². The third-order valence-corrected chi connectivity index (χ3v) is 2.86. The van der Waals surface area contributed by atoms with Crippen molar-refractivity contribution in [1.82, 2.24) is 9.88 Å². The number of hydrogen-bond donors (Lipinski definition) is 1. The summed E-state index contributed by atoms with van der Waals surface area (Å²) in [5, 5.41) is 9.81. The van der Waals surface area contributed by atoms with E-state index in [1.807, 2.05) is 0 Å². The lowest BCUT2D eigenvalue weighted by Crippen LogP contribution is -2.42. The van der Waals surface area contributed by atoms with Crippen LogP contribution >= 0.6 is 11.6 Å². The van der Waals surface area contributed by atoms with Crippen molar-refractivity contribution in [3.63, 3.8) is 0 Å². The van der Waals surface area contributed by atoms with Crippen LogP contribution in [-0.4, -0.2) is 40.1 Å². The molecule has 0 bridgehead atoms. The topological polar surface area (TPSA) is 53.4 Å². The predicted octanol–water partition coefficient (Wildman–Crippen LogP) is 1.33. The summed E-state index contributed by atoms with van der Waals surface area (Å²) >= 11 is 5.73. The normalized spacial score (nSPS) is 20.9. The number of likely N-dealkylation sites (tertiary alicyclic amines) is 1. The summed E-state index contributed by atoms with van der Waals surface area (Å²) in [7, 11) is 0. The number of amides is 1. The largest absolute Gasteiger partial charge is 0.391 e. The minimum atomic E-state index is -0.407. The van der Waals surface area contributed by atoms with Crippen LogP contribution in [0.5, 0.6) is 0 Å². The molecule has 1 unspecified atom stereocenters. The summed E-state index contributed by atoms with van der Waals surface area (Å²) in [6.07, 6.45) is 2.71.